The number of fused-ring (bicyclic) bond motifs is 1. The van der Waals surface area contributed by atoms with Crippen molar-refractivity contribution < 1.29 is 27.1 Å². The Morgan fingerprint density at radius 3 is 2.42 bits per heavy atom. The monoisotopic (exact) mass is 525 g/mol. The Hall–Kier alpha value is -3.46. The van der Waals surface area contributed by atoms with E-state index in [0.29, 0.717) is 41.6 Å². The Morgan fingerprint density at radius 1 is 0.974 bits per heavy atom. The lowest BCUT2D eigenvalue weighted by atomic mass is 9.72. The van der Waals surface area contributed by atoms with Crippen LogP contribution >= 0.6 is 0 Å². The number of aromatic nitrogens is 3. The minimum atomic E-state index is -4.38. The first-order valence-electron chi connectivity index (χ1n) is 12.8. The molecule has 9 heteroatoms. The van der Waals surface area contributed by atoms with Crippen LogP contribution in [-0.2, 0) is 17.3 Å². The molecule has 1 fully saturated rings. The summed E-state index contributed by atoms with van der Waals surface area (Å²) in [6.45, 7) is 0.572. The van der Waals surface area contributed by atoms with E-state index in [1.165, 1.54) is 12.1 Å². The van der Waals surface area contributed by atoms with Crippen LogP contribution < -0.4 is 4.74 Å². The summed E-state index contributed by atoms with van der Waals surface area (Å²) < 4.78 is 56.8. The molecule has 0 radical (unpaired) electrons. The zero-order valence-corrected chi connectivity index (χ0v) is 21.4. The van der Waals surface area contributed by atoms with Crippen molar-refractivity contribution in [3.8, 4) is 17.2 Å². The van der Waals surface area contributed by atoms with E-state index in [2.05, 4.69) is 15.2 Å². The van der Waals surface area contributed by atoms with Crippen LogP contribution in [0.3, 0.4) is 0 Å². The van der Waals surface area contributed by atoms with E-state index in [-0.39, 0.29) is 11.8 Å². The maximum Gasteiger partial charge on any atom is 0.416 e. The van der Waals surface area contributed by atoms with E-state index in [4.69, 9.17) is 13.9 Å². The third-order valence-electron chi connectivity index (χ3n) is 7.60. The second-order valence-electron chi connectivity index (χ2n) is 9.89. The molecule has 0 saturated heterocycles. The lowest BCUT2D eigenvalue weighted by Gasteiger charge is -2.33. The van der Waals surface area contributed by atoms with E-state index in [1.54, 1.807) is 20.4 Å². The van der Waals surface area contributed by atoms with Crippen LogP contribution in [0.2, 0.25) is 0 Å². The van der Waals surface area contributed by atoms with Gasteiger partial charge in [0.1, 0.15) is 5.75 Å². The molecule has 0 amide bonds. The average Bonchev–Trinajstić information content (AvgIpc) is 3.40. The van der Waals surface area contributed by atoms with Gasteiger partial charge < -0.3 is 13.9 Å². The molecule has 2 heterocycles. The summed E-state index contributed by atoms with van der Waals surface area (Å²) in [4.78, 5) is 4.29. The van der Waals surface area contributed by atoms with Gasteiger partial charge in [-0.15, -0.1) is 10.2 Å². The maximum atomic E-state index is 13.4. The Morgan fingerprint density at radius 2 is 1.74 bits per heavy atom. The largest absolute Gasteiger partial charge is 0.497 e. The van der Waals surface area contributed by atoms with Gasteiger partial charge in [-0.25, -0.2) is 0 Å². The molecule has 0 N–H and O–H groups in total. The molecule has 1 unspecified atom stereocenters. The molecule has 0 spiro atoms. The highest BCUT2D eigenvalue weighted by molar-refractivity contribution is 5.83. The normalized spacial score (nSPS) is 19.0. The summed E-state index contributed by atoms with van der Waals surface area (Å²) in [6.07, 6.45) is 1.60. The fourth-order valence-corrected chi connectivity index (χ4v) is 5.59. The molecule has 2 aromatic carbocycles. The molecule has 0 aliphatic heterocycles. The van der Waals surface area contributed by atoms with Crippen LogP contribution in [0.25, 0.3) is 22.4 Å². The third kappa shape index (κ3) is 5.67. The molecule has 1 aliphatic rings. The molecule has 1 saturated carbocycles. The number of pyridine rings is 1. The smallest absolute Gasteiger partial charge is 0.416 e. The predicted molar refractivity (Wildman–Crippen MR) is 137 cm³/mol. The highest BCUT2D eigenvalue weighted by Crippen LogP contribution is 2.42. The number of methoxy groups -OCH3 is 2. The van der Waals surface area contributed by atoms with Gasteiger partial charge in [-0.05, 0) is 97.5 Å². The van der Waals surface area contributed by atoms with Crippen LogP contribution in [0.15, 0.2) is 59.1 Å². The summed E-state index contributed by atoms with van der Waals surface area (Å²) in [5.41, 5.74) is 1.73. The Bertz CT molecular complexity index is 1360. The maximum absolute atomic E-state index is 13.4. The van der Waals surface area contributed by atoms with Crippen molar-refractivity contribution in [1.29, 1.82) is 0 Å². The second-order valence-corrected chi connectivity index (χ2v) is 9.89. The number of halogens is 3. The third-order valence-corrected chi connectivity index (χ3v) is 7.60. The van der Waals surface area contributed by atoms with Gasteiger partial charge in [-0.3, -0.25) is 4.98 Å². The van der Waals surface area contributed by atoms with Crippen LogP contribution in [0.4, 0.5) is 13.2 Å². The first-order valence-corrected chi connectivity index (χ1v) is 12.8. The molecular weight excluding hydrogens is 495 g/mol. The van der Waals surface area contributed by atoms with Gasteiger partial charge >= 0.3 is 6.18 Å². The van der Waals surface area contributed by atoms with Crippen molar-refractivity contribution >= 4 is 10.9 Å². The Kier molecular flexibility index (Phi) is 7.65. The number of benzene rings is 2. The number of ether oxygens (including phenoxy) is 2. The fourth-order valence-electron chi connectivity index (χ4n) is 5.59. The van der Waals surface area contributed by atoms with Gasteiger partial charge in [0.2, 0.25) is 11.8 Å². The van der Waals surface area contributed by atoms with Crippen molar-refractivity contribution in [2.24, 2.45) is 11.8 Å². The lowest BCUT2D eigenvalue weighted by Crippen LogP contribution is -2.26. The molecular formula is C29H30F3N3O3. The summed E-state index contributed by atoms with van der Waals surface area (Å²) >= 11 is 0. The minimum absolute atomic E-state index is 0.188. The number of nitrogens with zero attached hydrogens (tertiary/aromatic N) is 3. The highest BCUT2D eigenvalue weighted by Gasteiger charge is 2.33. The van der Waals surface area contributed by atoms with Crippen molar-refractivity contribution in [2.45, 2.75) is 44.2 Å². The minimum Gasteiger partial charge on any atom is -0.497 e. The molecule has 38 heavy (non-hydrogen) atoms. The van der Waals surface area contributed by atoms with Crippen LogP contribution in [0.1, 0.15) is 48.6 Å². The van der Waals surface area contributed by atoms with E-state index >= 15 is 0 Å². The van der Waals surface area contributed by atoms with Gasteiger partial charge in [0.25, 0.3) is 0 Å². The van der Waals surface area contributed by atoms with E-state index in [1.807, 2.05) is 30.3 Å². The number of hydrogen-bond donors (Lipinski definition) is 0. The van der Waals surface area contributed by atoms with E-state index in [0.717, 1.165) is 48.6 Å². The SMILES string of the molecule is COCC(Cc1nnc(-c2ccc(OC)cc2)o1)C1CCC(c2ccnc3ccc(C(F)(F)F)cc23)CC1. The van der Waals surface area contributed by atoms with Crippen LogP contribution in [0.5, 0.6) is 5.75 Å². The first-order chi connectivity index (χ1) is 18.4. The van der Waals surface area contributed by atoms with Crippen molar-refractivity contribution in [1.82, 2.24) is 15.2 Å². The van der Waals surface area contributed by atoms with Gasteiger partial charge in [0.15, 0.2) is 0 Å². The number of rotatable bonds is 8. The molecule has 6 nitrogen and oxygen atoms in total. The average molecular weight is 526 g/mol. The summed E-state index contributed by atoms with van der Waals surface area (Å²) in [5.74, 6) is 2.57. The highest BCUT2D eigenvalue weighted by atomic mass is 19.4. The summed E-state index contributed by atoms with van der Waals surface area (Å²) in [7, 11) is 3.31. The standard InChI is InChI=1S/C29H30F3N3O3/c1-36-17-21(15-27-34-35-28(38-27)20-7-10-23(37-2)11-8-20)18-3-5-19(6-4-18)24-13-14-33-26-12-9-22(16-25(24)26)29(30,31)32/h7-14,16,18-19,21H,3-6,15,17H2,1-2H3. The second kappa shape index (κ2) is 11.1. The molecule has 0 bridgehead atoms. The zero-order chi connectivity index (χ0) is 26.7. The van der Waals surface area contributed by atoms with Gasteiger partial charge in [0.05, 0.1) is 18.2 Å². The van der Waals surface area contributed by atoms with Gasteiger partial charge in [-0.1, -0.05) is 0 Å². The van der Waals surface area contributed by atoms with Crippen LogP contribution in [-0.4, -0.2) is 36.0 Å². The molecule has 200 valence electrons. The Balaban J connectivity index is 1.27. The quantitative estimate of drug-likeness (QED) is 0.245. The van der Waals surface area contributed by atoms with Gasteiger partial charge in [-0.2, -0.15) is 13.2 Å². The first kappa shape index (κ1) is 26.2. The molecule has 1 aliphatic carbocycles. The topological polar surface area (TPSA) is 70.3 Å². The van der Waals surface area contributed by atoms with E-state index in [9.17, 15) is 13.2 Å². The molecule has 1 atom stereocenters. The molecule has 5 rings (SSSR count). The fraction of sp³-hybridized carbons (Fsp3) is 0.414. The van der Waals surface area contributed by atoms with Crippen LogP contribution in [0, 0.1) is 11.8 Å². The zero-order valence-electron chi connectivity index (χ0n) is 21.4. The van der Waals surface area contributed by atoms with Crippen molar-refractivity contribution in [3.05, 3.63) is 71.7 Å². The number of hydrogen-bond acceptors (Lipinski definition) is 6. The van der Waals surface area contributed by atoms with E-state index < -0.39 is 11.7 Å². The summed E-state index contributed by atoms with van der Waals surface area (Å²) in [5, 5.41) is 9.09. The predicted octanol–water partition coefficient (Wildman–Crippen LogP) is 7.09. The van der Waals surface area contributed by atoms with Crippen molar-refractivity contribution in [2.75, 3.05) is 20.8 Å². The van der Waals surface area contributed by atoms with Gasteiger partial charge in [0, 0.05) is 37.3 Å². The lowest BCUT2D eigenvalue weighted by molar-refractivity contribution is -0.137. The summed E-state index contributed by atoms with van der Waals surface area (Å²) in [6, 6.07) is 13.1. The number of alkyl halides is 3. The van der Waals surface area contributed by atoms with Crippen molar-refractivity contribution in [3.63, 3.8) is 0 Å². The molecule has 2 aromatic heterocycles. The Labute approximate surface area is 219 Å². The molecule has 4 aromatic rings.